The fourth-order valence-corrected chi connectivity index (χ4v) is 3.47. The number of nitrogens with zero attached hydrogens (tertiary/aromatic N) is 2. The van der Waals surface area contributed by atoms with Crippen molar-refractivity contribution in [2.75, 3.05) is 25.6 Å². The Balaban J connectivity index is 1.41. The zero-order valence-corrected chi connectivity index (χ0v) is 18.3. The van der Waals surface area contributed by atoms with Crippen molar-refractivity contribution in [3.05, 3.63) is 72.4 Å². The molecule has 5 rings (SSSR count). The van der Waals surface area contributed by atoms with E-state index in [0.717, 1.165) is 5.69 Å². The van der Waals surface area contributed by atoms with Gasteiger partial charge in [0.15, 0.2) is 23.0 Å². The molecule has 170 valence electrons. The zero-order chi connectivity index (χ0) is 23.5. The fraction of sp³-hybridized carbons (Fsp3) is 0.154. The van der Waals surface area contributed by atoms with Gasteiger partial charge in [-0.05, 0) is 42.5 Å². The normalized spacial score (nSPS) is 14.3. The van der Waals surface area contributed by atoms with Gasteiger partial charge in [-0.3, -0.25) is 4.98 Å². The van der Waals surface area contributed by atoms with Crippen molar-refractivity contribution in [1.82, 2.24) is 4.98 Å². The molecule has 1 fully saturated rings. The highest BCUT2D eigenvalue weighted by Crippen LogP contribution is 2.37. The number of nitriles is 1. The predicted molar refractivity (Wildman–Crippen MR) is 126 cm³/mol. The maximum atomic E-state index is 10.5. The maximum Gasteiger partial charge on any atom is 0.169 e. The van der Waals surface area contributed by atoms with Crippen molar-refractivity contribution < 1.29 is 24.1 Å². The number of pyridine rings is 1. The molecule has 1 saturated heterocycles. The Hall–Kier alpha value is -4.48. The van der Waals surface area contributed by atoms with Crippen LogP contribution in [0.1, 0.15) is 5.56 Å². The SMILES string of the molecule is COc1ccccc1Oc1ccc(Nc2c(C#N)cnc3cc(OC[C@@H]4CO4)c(O)cc23)cc1. The molecule has 0 bridgehead atoms. The molecule has 4 aromatic rings. The lowest BCUT2D eigenvalue weighted by molar-refractivity contribution is 0.254. The summed E-state index contributed by atoms with van der Waals surface area (Å²) >= 11 is 0. The first kappa shape index (κ1) is 21.4. The quantitative estimate of drug-likeness (QED) is 0.352. The van der Waals surface area contributed by atoms with Crippen LogP contribution in [0, 0.1) is 11.3 Å². The summed E-state index contributed by atoms with van der Waals surface area (Å²) in [5.74, 6) is 2.17. The number of rotatable bonds is 8. The minimum Gasteiger partial charge on any atom is -0.504 e. The number of benzene rings is 3. The van der Waals surface area contributed by atoms with Gasteiger partial charge in [-0.2, -0.15) is 5.26 Å². The van der Waals surface area contributed by atoms with Crippen LogP contribution in [-0.4, -0.2) is 36.5 Å². The number of para-hydroxylation sites is 2. The molecule has 3 aromatic carbocycles. The molecule has 1 aromatic heterocycles. The molecule has 2 N–H and O–H groups in total. The van der Waals surface area contributed by atoms with Crippen molar-refractivity contribution in [3.63, 3.8) is 0 Å². The van der Waals surface area contributed by atoms with Crippen molar-refractivity contribution in [2.24, 2.45) is 0 Å². The topological polar surface area (TPSA) is 109 Å². The number of nitrogens with one attached hydrogen (secondary N) is 1. The predicted octanol–water partition coefficient (Wildman–Crippen LogP) is 5.13. The number of hydrogen-bond acceptors (Lipinski definition) is 8. The Kier molecular flexibility index (Phi) is 5.77. The molecule has 0 unspecified atom stereocenters. The summed E-state index contributed by atoms with van der Waals surface area (Å²) in [6.45, 7) is 1.03. The third-order valence-corrected chi connectivity index (χ3v) is 5.32. The fourth-order valence-electron chi connectivity index (χ4n) is 3.47. The largest absolute Gasteiger partial charge is 0.504 e. The molecular formula is C26H21N3O5. The minimum absolute atomic E-state index is 0.0337. The third kappa shape index (κ3) is 4.51. The van der Waals surface area contributed by atoms with Gasteiger partial charge in [-0.25, -0.2) is 0 Å². The minimum atomic E-state index is -0.0337. The molecule has 0 aliphatic carbocycles. The summed E-state index contributed by atoms with van der Waals surface area (Å²) in [6, 6.07) is 20.1. The molecule has 8 nitrogen and oxygen atoms in total. The monoisotopic (exact) mass is 455 g/mol. The van der Waals surface area contributed by atoms with Gasteiger partial charge in [-0.15, -0.1) is 0 Å². The number of anilines is 2. The van der Waals surface area contributed by atoms with E-state index in [1.54, 1.807) is 19.2 Å². The highest BCUT2D eigenvalue weighted by atomic mass is 16.6. The van der Waals surface area contributed by atoms with Crippen LogP contribution in [-0.2, 0) is 4.74 Å². The lowest BCUT2D eigenvalue weighted by atomic mass is 10.1. The standard InChI is InChI=1S/C26H21N3O5/c1-31-23-4-2-3-5-24(23)34-18-8-6-17(7-9-18)29-26-16(12-27)13-28-21-11-25(22(30)10-20(21)26)33-15-19-14-32-19/h2-11,13,19,30H,14-15H2,1H3,(H,28,29)/t19-/m0/s1. The van der Waals surface area contributed by atoms with E-state index in [2.05, 4.69) is 16.4 Å². The van der Waals surface area contributed by atoms with Crippen molar-refractivity contribution in [3.8, 4) is 34.8 Å². The van der Waals surface area contributed by atoms with Crippen molar-refractivity contribution >= 4 is 22.3 Å². The summed E-state index contributed by atoms with van der Waals surface area (Å²) in [5, 5.41) is 24.0. The number of ether oxygens (including phenoxy) is 4. The average molecular weight is 455 g/mol. The Bertz CT molecular complexity index is 1380. The smallest absolute Gasteiger partial charge is 0.169 e. The zero-order valence-electron chi connectivity index (χ0n) is 18.3. The Labute approximate surface area is 195 Å². The molecule has 1 aliphatic heterocycles. The molecule has 0 saturated carbocycles. The van der Waals surface area contributed by atoms with Crippen LogP contribution in [0.5, 0.6) is 28.7 Å². The molecule has 0 spiro atoms. The summed E-state index contributed by atoms with van der Waals surface area (Å²) in [6.07, 6.45) is 1.56. The Morgan fingerprint density at radius 3 is 2.59 bits per heavy atom. The van der Waals surface area contributed by atoms with Gasteiger partial charge in [0.05, 0.1) is 30.5 Å². The van der Waals surface area contributed by atoms with Gasteiger partial charge in [0.1, 0.15) is 24.5 Å². The third-order valence-electron chi connectivity index (χ3n) is 5.32. The summed E-state index contributed by atoms with van der Waals surface area (Å²) in [5.41, 5.74) is 2.21. The second kappa shape index (κ2) is 9.17. The Morgan fingerprint density at radius 2 is 1.88 bits per heavy atom. The van der Waals surface area contributed by atoms with Crippen LogP contribution in [0.25, 0.3) is 10.9 Å². The molecule has 8 heteroatoms. The molecule has 0 amide bonds. The summed E-state index contributed by atoms with van der Waals surface area (Å²) < 4.78 is 22.0. The van der Waals surface area contributed by atoms with E-state index in [1.165, 1.54) is 6.20 Å². The second-order valence-electron chi connectivity index (χ2n) is 7.66. The van der Waals surface area contributed by atoms with Crippen LogP contribution in [0.15, 0.2) is 66.9 Å². The second-order valence-corrected chi connectivity index (χ2v) is 7.66. The Morgan fingerprint density at radius 1 is 1.12 bits per heavy atom. The molecule has 2 heterocycles. The maximum absolute atomic E-state index is 10.5. The van der Waals surface area contributed by atoms with Crippen LogP contribution in [0.3, 0.4) is 0 Å². The molecule has 1 atom stereocenters. The number of hydrogen-bond donors (Lipinski definition) is 2. The van der Waals surface area contributed by atoms with Crippen LogP contribution in [0.4, 0.5) is 11.4 Å². The number of aromatic nitrogens is 1. The highest BCUT2D eigenvalue weighted by Gasteiger charge is 2.24. The van der Waals surface area contributed by atoms with Gasteiger partial charge in [-0.1, -0.05) is 12.1 Å². The number of epoxide rings is 1. The number of methoxy groups -OCH3 is 1. The summed E-state index contributed by atoms with van der Waals surface area (Å²) in [4.78, 5) is 4.36. The lowest BCUT2D eigenvalue weighted by Gasteiger charge is -2.14. The molecular weight excluding hydrogens is 434 g/mol. The molecule has 1 aliphatic rings. The molecule has 0 radical (unpaired) electrons. The number of phenolic OH excluding ortho intramolecular Hbond substituents is 1. The van der Waals surface area contributed by atoms with Crippen LogP contribution >= 0.6 is 0 Å². The van der Waals surface area contributed by atoms with E-state index in [-0.39, 0.29) is 11.9 Å². The van der Waals surface area contributed by atoms with E-state index >= 15 is 0 Å². The van der Waals surface area contributed by atoms with Gasteiger partial charge in [0.2, 0.25) is 0 Å². The number of fused-ring (bicyclic) bond motifs is 1. The first-order valence-corrected chi connectivity index (χ1v) is 10.6. The van der Waals surface area contributed by atoms with Gasteiger partial charge in [0.25, 0.3) is 0 Å². The van der Waals surface area contributed by atoms with E-state index in [9.17, 15) is 10.4 Å². The van der Waals surface area contributed by atoms with Gasteiger partial charge < -0.3 is 29.4 Å². The van der Waals surface area contributed by atoms with Crippen molar-refractivity contribution in [2.45, 2.75) is 6.10 Å². The van der Waals surface area contributed by atoms with E-state index < -0.39 is 0 Å². The first-order valence-electron chi connectivity index (χ1n) is 10.6. The molecule has 34 heavy (non-hydrogen) atoms. The highest BCUT2D eigenvalue weighted by molar-refractivity contribution is 5.97. The summed E-state index contributed by atoms with van der Waals surface area (Å²) in [7, 11) is 1.59. The van der Waals surface area contributed by atoms with Crippen LogP contribution < -0.4 is 19.5 Å². The average Bonchev–Trinajstić information content (AvgIpc) is 3.69. The van der Waals surface area contributed by atoms with Crippen molar-refractivity contribution in [1.29, 1.82) is 5.26 Å². The first-order chi connectivity index (χ1) is 16.6. The van der Waals surface area contributed by atoms with E-state index in [4.69, 9.17) is 18.9 Å². The lowest BCUT2D eigenvalue weighted by Crippen LogP contribution is -2.04. The van der Waals surface area contributed by atoms with Crippen LogP contribution in [0.2, 0.25) is 0 Å². The van der Waals surface area contributed by atoms with E-state index in [1.807, 2.05) is 48.5 Å². The number of aromatic hydroxyl groups is 1. The van der Waals surface area contributed by atoms with Gasteiger partial charge in [0, 0.05) is 23.3 Å². The van der Waals surface area contributed by atoms with Gasteiger partial charge >= 0.3 is 0 Å². The number of phenols is 1. The van der Waals surface area contributed by atoms with E-state index in [0.29, 0.717) is 58.4 Å².